The van der Waals surface area contributed by atoms with Gasteiger partial charge < -0.3 is 5.32 Å². The Morgan fingerprint density at radius 1 is 1.27 bits per heavy atom. The van der Waals surface area contributed by atoms with Crippen molar-refractivity contribution in [2.24, 2.45) is 0 Å². The summed E-state index contributed by atoms with van der Waals surface area (Å²) in [7, 11) is 1.82. The molecule has 1 nitrogen and oxygen atoms in total. The minimum Gasteiger partial charge on any atom is -0.394 e. The van der Waals surface area contributed by atoms with Crippen molar-refractivity contribution in [2.75, 3.05) is 7.05 Å². The Balaban J connectivity index is 4.35. The molecule has 0 spiro atoms. The molecule has 0 saturated heterocycles. The van der Waals surface area contributed by atoms with Gasteiger partial charge >= 0.3 is 0 Å². The van der Waals surface area contributed by atoms with Crippen molar-refractivity contribution in [3.63, 3.8) is 0 Å². The molecule has 0 aliphatic heterocycles. The quantitative estimate of drug-likeness (QED) is 0.619. The number of halogens is 1. The molecular formula is C9H16FN. The van der Waals surface area contributed by atoms with E-state index in [9.17, 15) is 4.39 Å². The van der Waals surface area contributed by atoms with Crippen LogP contribution < -0.4 is 5.32 Å². The molecular weight excluding hydrogens is 141 g/mol. The summed E-state index contributed by atoms with van der Waals surface area (Å²) in [5.74, 6) is 0. The average molecular weight is 157 g/mol. The van der Waals surface area contributed by atoms with Gasteiger partial charge in [0.2, 0.25) is 0 Å². The first kappa shape index (κ1) is 10.2. The van der Waals surface area contributed by atoms with Gasteiger partial charge in [0.15, 0.2) is 0 Å². The molecule has 0 amide bonds. The largest absolute Gasteiger partial charge is 0.394 e. The van der Waals surface area contributed by atoms with E-state index in [1.54, 1.807) is 0 Å². The highest BCUT2D eigenvalue weighted by molar-refractivity contribution is 5.28. The molecule has 0 heterocycles. The van der Waals surface area contributed by atoms with Crippen LogP contribution in [0.25, 0.3) is 0 Å². The summed E-state index contributed by atoms with van der Waals surface area (Å²) in [4.78, 5) is 0. The second kappa shape index (κ2) is 5.96. The fourth-order valence-electron chi connectivity index (χ4n) is 0.970. The van der Waals surface area contributed by atoms with Gasteiger partial charge in [0.1, 0.15) is 0 Å². The molecule has 0 aliphatic rings. The van der Waals surface area contributed by atoms with Crippen molar-refractivity contribution >= 4 is 0 Å². The molecule has 0 bridgehead atoms. The Hall–Kier alpha value is -0.790. The van der Waals surface area contributed by atoms with Crippen LogP contribution in [-0.4, -0.2) is 7.05 Å². The van der Waals surface area contributed by atoms with Gasteiger partial charge in [0.05, 0.1) is 6.33 Å². The maximum Gasteiger partial charge on any atom is 0.0902 e. The maximum atomic E-state index is 12.2. The molecule has 1 N–H and O–H groups in total. The van der Waals surface area contributed by atoms with Crippen LogP contribution in [0.1, 0.15) is 26.7 Å². The van der Waals surface area contributed by atoms with Crippen LogP contribution in [0, 0.1) is 0 Å². The smallest absolute Gasteiger partial charge is 0.0902 e. The zero-order chi connectivity index (χ0) is 8.69. The summed E-state index contributed by atoms with van der Waals surface area (Å²) in [5, 5.41) is 2.90. The summed E-state index contributed by atoms with van der Waals surface area (Å²) < 4.78 is 12.2. The van der Waals surface area contributed by atoms with Crippen LogP contribution in [0.5, 0.6) is 0 Å². The Morgan fingerprint density at radius 3 is 2.09 bits per heavy atom. The zero-order valence-corrected chi connectivity index (χ0v) is 7.45. The highest BCUT2D eigenvalue weighted by Crippen LogP contribution is 2.16. The second-order valence-corrected chi connectivity index (χ2v) is 2.30. The lowest BCUT2D eigenvalue weighted by Gasteiger charge is -2.05. The molecule has 0 atom stereocenters. The van der Waals surface area contributed by atoms with Gasteiger partial charge in [-0.3, -0.25) is 0 Å². The highest BCUT2D eigenvalue weighted by atomic mass is 19.1. The van der Waals surface area contributed by atoms with Crippen LogP contribution in [0.3, 0.4) is 0 Å². The first-order chi connectivity index (χ1) is 5.29. The molecule has 0 aromatic rings. The van der Waals surface area contributed by atoms with Gasteiger partial charge in [-0.1, -0.05) is 13.8 Å². The minimum absolute atomic E-state index is 0.687. The van der Waals surface area contributed by atoms with Crippen molar-refractivity contribution in [2.45, 2.75) is 26.7 Å². The molecule has 0 rings (SSSR count). The molecule has 0 aromatic carbocycles. The van der Waals surface area contributed by atoms with Gasteiger partial charge in [-0.15, -0.1) is 0 Å². The molecule has 11 heavy (non-hydrogen) atoms. The van der Waals surface area contributed by atoms with Crippen LogP contribution in [-0.2, 0) is 0 Å². The van der Waals surface area contributed by atoms with Gasteiger partial charge in [-0.2, -0.15) is 0 Å². The lowest BCUT2D eigenvalue weighted by molar-refractivity contribution is 0.702. The third-order valence-electron chi connectivity index (χ3n) is 1.62. The van der Waals surface area contributed by atoms with E-state index in [1.807, 2.05) is 27.1 Å². The molecule has 0 radical (unpaired) electrons. The maximum absolute atomic E-state index is 12.2. The summed E-state index contributed by atoms with van der Waals surface area (Å²) in [6, 6.07) is 0. The van der Waals surface area contributed by atoms with Gasteiger partial charge in [0.25, 0.3) is 0 Å². The third-order valence-corrected chi connectivity index (χ3v) is 1.62. The first-order valence-corrected chi connectivity index (χ1v) is 3.96. The number of hydrogen-bond acceptors (Lipinski definition) is 1. The number of hydrogen-bond donors (Lipinski definition) is 1. The van der Waals surface area contributed by atoms with Crippen molar-refractivity contribution in [1.82, 2.24) is 5.32 Å². The van der Waals surface area contributed by atoms with E-state index >= 15 is 0 Å². The predicted molar refractivity (Wildman–Crippen MR) is 46.9 cm³/mol. The Labute approximate surface area is 68.0 Å². The van der Waals surface area contributed by atoms with E-state index in [0.29, 0.717) is 6.33 Å². The van der Waals surface area contributed by atoms with E-state index in [2.05, 4.69) is 5.32 Å². The van der Waals surface area contributed by atoms with Gasteiger partial charge in [-0.25, -0.2) is 4.39 Å². The molecule has 64 valence electrons. The second-order valence-electron chi connectivity index (χ2n) is 2.30. The first-order valence-electron chi connectivity index (χ1n) is 3.96. The normalized spacial score (nSPS) is 13.5. The monoisotopic (exact) mass is 157 g/mol. The fourth-order valence-corrected chi connectivity index (χ4v) is 0.970. The van der Waals surface area contributed by atoms with Crippen molar-refractivity contribution in [3.8, 4) is 0 Å². The Morgan fingerprint density at radius 2 is 1.82 bits per heavy atom. The standard InChI is InChI=1S/C9H16FN/c1-4-8(6-10)9(5-2)7-11-3/h6-7,11H,4-5H2,1-3H3/b8-6+,9-7+. The molecule has 0 unspecified atom stereocenters. The Kier molecular flexibility index (Phi) is 5.53. The Bertz CT molecular complexity index is 159. The lowest BCUT2D eigenvalue weighted by Crippen LogP contribution is -1.97. The lowest BCUT2D eigenvalue weighted by atomic mass is 10.0. The zero-order valence-electron chi connectivity index (χ0n) is 7.45. The van der Waals surface area contributed by atoms with E-state index in [1.165, 1.54) is 0 Å². The van der Waals surface area contributed by atoms with E-state index < -0.39 is 0 Å². The fraction of sp³-hybridized carbons (Fsp3) is 0.556. The van der Waals surface area contributed by atoms with Crippen LogP contribution in [0.2, 0.25) is 0 Å². The topological polar surface area (TPSA) is 12.0 Å². The minimum atomic E-state index is 0.687. The predicted octanol–water partition coefficient (Wildman–Crippen LogP) is 2.76. The summed E-state index contributed by atoms with van der Waals surface area (Å²) in [5.41, 5.74) is 1.82. The van der Waals surface area contributed by atoms with Crippen molar-refractivity contribution in [1.29, 1.82) is 0 Å². The highest BCUT2D eigenvalue weighted by Gasteiger charge is 1.99. The van der Waals surface area contributed by atoms with E-state index in [4.69, 9.17) is 0 Å². The van der Waals surface area contributed by atoms with Crippen LogP contribution in [0.4, 0.5) is 4.39 Å². The van der Waals surface area contributed by atoms with Crippen LogP contribution >= 0.6 is 0 Å². The van der Waals surface area contributed by atoms with E-state index in [-0.39, 0.29) is 0 Å². The molecule has 0 aliphatic carbocycles. The number of rotatable bonds is 4. The molecule has 2 heteroatoms. The molecule has 0 fully saturated rings. The third kappa shape index (κ3) is 3.21. The average Bonchev–Trinajstić information content (AvgIpc) is 2.05. The number of nitrogens with one attached hydrogen (secondary N) is 1. The summed E-state index contributed by atoms with van der Waals surface area (Å²) in [6.07, 6.45) is 4.14. The van der Waals surface area contributed by atoms with Gasteiger partial charge in [-0.05, 0) is 30.2 Å². The molecule has 0 aromatic heterocycles. The van der Waals surface area contributed by atoms with E-state index in [0.717, 1.165) is 24.0 Å². The summed E-state index contributed by atoms with van der Waals surface area (Å²) >= 11 is 0. The number of allylic oxidation sites excluding steroid dienone is 2. The molecule has 0 saturated carbocycles. The van der Waals surface area contributed by atoms with Crippen LogP contribution in [0.15, 0.2) is 23.7 Å². The summed E-state index contributed by atoms with van der Waals surface area (Å²) in [6.45, 7) is 3.97. The SMILES string of the molecule is CCC(=C\F)/C(=C/NC)CC. The van der Waals surface area contributed by atoms with Crippen molar-refractivity contribution in [3.05, 3.63) is 23.7 Å². The van der Waals surface area contributed by atoms with Gasteiger partial charge in [0, 0.05) is 7.05 Å². The van der Waals surface area contributed by atoms with Crippen molar-refractivity contribution < 1.29 is 4.39 Å².